The Bertz CT molecular complexity index is 865. The third-order valence-corrected chi connectivity index (χ3v) is 6.18. The summed E-state index contributed by atoms with van der Waals surface area (Å²) in [7, 11) is -3.50. The van der Waals surface area contributed by atoms with E-state index in [1.807, 2.05) is 6.92 Å². The maximum Gasteiger partial charge on any atom is 0.357 e. The fourth-order valence-electron chi connectivity index (χ4n) is 2.64. The second-order valence-corrected chi connectivity index (χ2v) is 7.65. The van der Waals surface area contributed by atoms with Crippen LogP contribution in [0.15, 0.2) is 47.5 Å². The molecule has 0 unspecified atom stereocenters. The minimum atomic E-state index is -3.50. The van der Waals surface area contributed by atoms with Crippen molar-refractivity contribution in [1.82, 2.24) is 4.31 Å². The first-order chi connectivity index (χ1) is 12.3. The molecule has 1 aromatic carbocycles. The summed E-state index contributed by atoms with van der Waals surface area (Å²) in [6.07, 6.45) is 1.60. The van der Waals surface area contributed by atoms with E-state index in [1.54, 1.807) is 50.4 Å². The summed E-state index contributed by atoms with van der Waals surface area (Å²) in [5.74, 6) is 0.296. The number of nitro groups is 1. The minimum absolute atomic E-state index is 0.0555. The lowest BCUT2D eigenvalue weighted by Crippen LogP contribution is -2.30. The molecule has 0 aliphatic heterocycles. The van der Waals surface area contributed by atoms with Gasteiger partial charge in [0.05, 0.1) is 16.0 Å². The average molecular weight is 379 g/mol. The number of sulfonamides is 1. The molecule has 2 N–H and O–H groups in total. The molecule has 0 saturated carbocycles. The van der Waals surface area contributed by atoms with Crippen molar-refractivity contribution in [2.45, 2.75) is 31.7 Å². The number of nitrogens with zero attached hydrogens (tertiary/aromatic N) is 2. The van der Waals surface area contributed by atoms with Gasteiger partial charge in [-0.05, 0) is 30.7 Å². The van der Waals surface area contributed by atoms with Crippen LogP contribution < -0.4 is 10.3 Å². The van der Waals surface area contributed by atoms with Gasteiger partial charge in [0.1, 0.15) is 6.04 Å². The molecule has 0 radical (unpaired) electrons. The van der Waals surface area contributed by atoms with Crippen molar-refractivity contribution in [1.29, 1.82) is 0 Å². The molecule has 8 nitrogen and oxygen atoms in total. The van der Waals surface area contributed by atoms with Crippen molar-refractivity contribution < 1.29 is 18.3 Å². The normalized spacial score (nSPS) is 12.8. The van der Waals surface area contributed by atoms with Gasteiger partial charge in [-0.15, -0.1) is 0 Å². The lowest BCUT2D eigenvalue weighted by Gasteiger charge is -2.18. The highest BCUT2D eigenvalue weighted by atomic mass is 32.2. The van der Waals surface area contributed by atoms with Crippen LogP contribution in [0.4, 0.5) is 11.5 Å². The summed E-state index contributed by atoms with van der Waals surface area (Å²) >= 11 is 0. The highest BCUT2D eigenvalue weighted by Crippen LogP contribution is 2.25. The molecule has 0 spiro atoms. The molecular formula is C17H23N4O4S+. The summed E-state index contributed by atoms with van der Waals surface area (Å²) in [4.78, 5) is 13.7. The Morgan fingerprint density at radius 3 is 2.35 bits per heavy atom. The summed E-state index contributed by atoms with van der Waals surface area (Å²) in [5, 5.41) is 14.1. The zero-order chi connectivity index (χ0) is 19.3. The van der Waals surface area contributed by atoms with Gasteiger partial charge in [-0.1, -0.05) is 26.0 Å². The summed E-state index contributed by atoms with van der Waals surface area (Å²) in [6, 6.07) is 9.25. The van der Waals surface area contributed by atoms with Gasteiger partial charge in [0.2, 0.25) is 10.0 Å². The van der Waals surface area contributed by atoms with Gasteiger partial charge in [0.15, 0.2) is 0 Å². The number of nitrogens with one attached hydrogen (secondary N) is 2. The molecule has 0 aliphatic rings. The zero-order valence-corrected chi connectivity index (χ0v) is 15.8. The number of pyridine rings is 1. The van der Waals surface area contributed by atoms with Crippen molar-refractivity contribution in [2.24, 2.45) is 0 Å². The molecule has 9 heteroatoms. The molecule has 1 aromatic heterocycles. The van der Waals surface area contributed by atoms with Crippen molar-refractivity contribution in [2.75, 3.05) is 18.4 Å². The lowest BCUT2D eigenvalue weighted by atomic mass is 10.1. The number of aromatic amines is 1. The second-order valence-electron chi connectivity index (χ2n) is 5.71. The summed E-state index contributed by atoms with van der Waals surface area (Å²) < 4.78 is 26.4. The van der Waals surface area contributed by atoms with E-state index in [2.05, 4.69) is 10.3 Å². The second kappa shape index (κ2) is 8.24. The first-order valence-corrected chi connectivity index (χ1v) is 9.77. The summed E-state index contributed by atoms with van der Waals surface area (Å²) in [6.45, 7) is 6.26. The molecule has 26 heavy (non-hydrogen) atoms. The van der Waals surface area contributed by atoms with E-state index in [4.69, 9.17) is 0 Å². The molecular weight excluding hydrogens is 356 g/mol. The van der Waals surface area contributed by atoms with Gasteiger partial charge in [0, 0.05) is 19.2 Å². The third-order valence-electron chi connectivity index (χ3n) is 4.11. The van der Waals surface area contributed by atoms with Crippen LogP contribution in [-0.4, -0.2) is 30.7 Å². The Labute approximate surface area is 153 Å². The minimum Gasteiger partial charge on any atom is -0.262 e. The molecule has 0 bridgehead atoms. The average Bonchev–Trinajstić information content (AvgIpc) is 2.63. The van der Waals surface area contributed by atoms with Crippen molar-refractivity contribution in [3.8, 4) is 0 Å². The first kappa shape index (κ1) is 19.8. The smallest absolute Gasteiger partial charge is 0.262 e. The van der Waals surface area contributed by atoms with Crippen LogP contribution in [0.25, 0.3) is 0 Å². The SMILES string of the molecule is CCN(CC)S(=O)(=O)c1ccc([C@H](C)Nc2[nH+]cccc2[N+](=O)[O-])cc1. The Kier molecular flexibility index (Phi) is 6.27. The van der Waals surface area contributed by atoms with E-state index < -0.39 is 14.9 Å². The Morgan fingerprint density at radius 2 is 1.81 bits per heavy atom. The van der Waals surface area contributed by atoms with E-state index >= 15 is 0 Å². The van der Waals surface area contributed by atoms with E-state index in [9.17, 15) is 18.5 Å². The lowest BCUT2D eigenvalue weighted by molar-refractivity contribution is -0.409. The summed E-state index contributed by atoms with van der Waals surface area (Å²) in [5.41, 5.74) is 0.759. The van der Waals surface area contributed by atoms with Gasteiger partial charge < -0.3 is 0 Å². The van der Waals surface area contributed by atoms with Crippen molar-refractivity contribution in [3.63, 3.8) is 0 Å². The largest absolute Gasteiger partial charge is 0.357 e. The number of hydrogen-bond acceptors (Lipinski definition) is 5. The fourth-order valence-corrected chi connectivity index (χ4v) is 4.09. The van der Waals surface area contributed by atoms with E-state index in [0.717, 1.165) is 5.56 Å². The van der Waals surface area contributed by atoms with Gasteiger partial charge in [-0.2, -0.15) is 4.31 Å². The highest BCUT2D eigenvalue weighted by molar-refractivity contribution is 7.89. The molecule has 1 heterocycles. The van der Waals surface area contributed by atoms with E-state index in [-0.39, 0.29) is 16.6 Å². The highest BCUT2D eigenvalue weighted by Gasteiger charge is 2.24. The number of H-pyrrole nitrogens is 1. The number of anilines is 1. The maximum absolute atomic E-state index is 12.5. The van der Waals surface area contributed by atoms with Gasteiger partial charge in [-0.25, -0.2) is 13.4 Å². The quantitative estimate of drug-likeness (QED) is 0.560. The Balaban J connectivity index is 2.22. The van der Waals surface area contributed by atoms with Crippen molar-refractivity contribution >= 4 is 21.5 Å². The molecule has 0 saturated heterocycles. The van der Waals surface area contributed by atoms with E-state index in [1.165, 1.54) is 10.4 Å². The predicted octanol–water partition coefficient (Wildman–Crippen LogP) is 2.61. The van der Waals surface area contributed by atoms with Gasteiger partial charge in [0.25, 0.3) is 0 Å². The first-order valence-electron chi connectivity index (χ1n) is 8.33. The van der Waals surface area contributed by atoms with Crippen LogP contribution >= 0.6 is 0 Å². The molecule has 2 rings (SSSR count). The molecule has 0 amide bonds. The van der Waals surface area contributed by atoms with Crippen LogP contribution in [0.1, 0.15) is 32.4 Å². The van der Waals surface area contributed by atoms with Crippen LogP contribution in [0.3, 0.4) is 0 Å². The Morgan fingerprint density at radius 1 is 1.19 bits per heavy atom. The zero-order valence-electron chi connectivity index (χ0n) is 15.0. The van der Waals surface area contributed by atoms with E-state index in [0.29, 0.717) is 18.9 Å². The van der Waals surface area contributed by atoms with Crippen LogP contribution in [0.2, 0.25) is 0 Å². The molecule has 2 aromatic rings. The Hall–Kier alpha value is -2.52. The van der Waals surface area contributed by atoms with Crippen LogP contribution in [0, 0.1) is 10.1 Å². The standard InChI is InChI=1S/C17H22N4O4S/c1-4-20(5-2)26(24,25)15-10-8-14(9-11-15)13(3)19-17-16(21(22)23)7-6-12-18-17/h6-13H,4-5H2,1-3H3,(H,18,19)/p+1/t13-/m0/s1. The number of rotatable bonds is 8. The van der Waals surface area contributed by atoms with Crippen LogP contribution in [-0.2, 0) is 10.0 Å². The monoisotopic (exact) mass is 379 g/mol. The van der Waals surface area contributed by atoms with Gasteiger partial charge in [-0.3, -0.25) is 15.4 Å². The molecule has 1 atom stereocenters. The van der Waals surface area contributed by atoms with Crippen molar-refractivity contribution in [3.05, 3.63) is 58.3 Å². The topological polar surface area (TPSA) is 107 Å². The van der Waals surface area contributed by atoms with Gasteiger partial charge >= 0.3 is 11.5 Å². The maximum atomic E-state index is 12.5. The molecule has 140 valence electrons. The number of hydrogen-bond donors (Lipinski definition) is 1. The molecule has 0 aliphatic carbocycles. The third kappa shape index (κ3) is 4.17. The fraction of sp³-hybridized carbons (Fsp3) is 0.353. The molecule has 0 fully saturated rings. The van der Waals surface area contributed by atoms with Crippen LogP contribution in [0.5, 0.6) is 0 Å². The number of benzene rings is 1. The number of aromatic nitrogens is 1. The predicted molar refractivity (Wildman–Crippen MR) is 98.2 cm³/mol.